The van der Waals surface area contributed by atoms with Crippen LogP contribution in [0.3, 0.4) is 0 Å². The van der Waals surface area contributed by atoms with Crippen molar-refractivity contribution < 1.29 is 14.6 Å². The molecule has 0 aliphatic rings. The molecular weight excluding hydrogens is 262 g/mol. The first kappa shape index (κ1) is 13.1. The van der Waals surface area contributed by atoms with E-state index >= 15 is 0 Å². The molecule has 0 spiro atoms. The molecule has 0 fully saturated rings. The third kappa shape index (κ3) is 2.75. The molecular formula is C14H11NO3S. The van der Waals surface area contributed by atoms with Crippen molar-refractivity contribution in [2.45, 2.75) is 13.8 Å². The molecule has 0 aliphatic carbocycles. The molecule has 2 rings (SSSR count). The van der Waals surface area contributed by atoms with Gasteiger partial charge in [-0.1, -0.05) is 12.0 Å². The Morgan fingerprint density at radius 3 is 2.84 bits per heavy atom. The topological polar surface area (TPSA) is 59.4 Å². The number of thiazole rings is 1. The van der Waals surface area contributed by atoms with Gasteiger partial charge in [0.25, 0.3) is 0 Å². The van der Waals surface area contributed by atoms with Crippen molar-refractivity contribution in [3.8, 4) is 28.3 Å². The lowest BCUT2D eigenvalue weighted by Gasteiger charge is -2.07. The number of rotatable bonds is 3. The fourth-order valence-corrected chi connectivity index (χ4v) is 2.35. The van der Waals surface area contributed by atoms with Crippen LogP contribution in [-0.4, -0.2) is 16.1 Å². The number of ether oxygens (including phenoxy) is 1. The quantitative estimate of drug-likeness (QED) is 0.872. The first-order chi connectivity index (χ1) is 9.13. The number of para-hydroxylation sites is 1. The maximum atomic E-state index is 11.2. The molecule has 0 radical (unpaired) electrons. The summed E-state index contributed by atoms with van der Waals surface area (Å²) in [4.78, 5) is 16.5. The number of nitrogens with zero attached hydrogens (tertiary/aromatic N) is 1. The predicted octanol–water partition coefficient (Wildman–Crippen LogP) is 3.18. The second-order valence-electron chi connectivity index (χ2n) is 3.72. The number of aromatic carboxylic acids is 1. The minimum Gasteiger partial charge on any atom is -0.478 e. The van der Waals surface area contributed by atoms with Gasteiger partial charge in [-0.25, -0.2) is 9.78 Å². The zero-order valence-electron chi connectivity index (χ0n) is 10.4. The van der Waals surface area contributed by atoms with Crippen LogP contribution in [0.5, 0.6) is 5.75 Å². The number of aryl methyl sites for hydroxylation is 1. The molecule has 2 aromatic rings. The van der Waals surface area contributed by atoms with Crippen LogP contribution in [0.4, 0.5) is 0 Å². The molecule has 4 nitrogen and oxygen atoms in total. The van der Waals surface area contributed by atoms with E-state index in [9.17, 15) is 9.90 Å². The summed E-state index contributed by atoms with van der Waals surface area (Å²) < 4.78 is 5.27. The Morgan fingerprint density at radius 1 is 1.47 bits per heavy atom. The minimum atomic E-state index is -1.05. The summed E-state index contributed by atoms with van der Waals surface area (Å²) >= 11 is 1.48. The van der Waals surface area contributed by atoms with Crippen molar-refractivity contribution in [3.63, 3.8) is 0 Å². The molecule has 96 valence electrons. The van der Waals surface area contributed by atoms with Crippen LogP contribution in [0, 0.1) is 19.0 Å². The normalized spacial score (nSPS) is 9.58. The SMILES string of the molecule is CC#COc1c(C(=O)O)cccc1-c1ncc(C)s1. The van der Waals surface area contributed by atoms with Gasteiger partial charge in [0.2, 0.25) is 0 Å². The first-order valence-electron chi connectivity index (χ1n) is 5.51. The highest BCUT2D eigenvalue weighted by Gasteiger charge is 2.18. The average Bonchev–Trinajstić information content (AvgIpc) is 2.82. The number of carboxylic acid groups (broad SMARTS) is 1. The van der Waals surface area contributed by atoms with E-state index in [1.807, 2.05) is 6.92 Å². The van der Waals surface area contributed by atoms with Gasteiger partial charge in [-0.15, -0.1) is 11.3 Å². The monoisotopic (exact) mass is 273 g/mol. The molecule has 19 heavy (non-hydrogen) atoms. The van der Waals surface area contributed by atoms with Crippen LogP contribution < -0.4 is 4.74 Å². The number of hydrogen-bond donors (Lipinski definition) is 1. The standard InChI is InChI=1S/C14H11NO3S/c1-3-7-18-12-10(13-15-8-9(2)19-13)5-4-6-11(12)14(16)17/h4-6,8H,1-2H3,(H,16,17). The van der Waals surface area contributed by atoms with E-state index in [-0.39, 0.29) is 11.3 Å². The van der Waals surface area contributed by atoms with Gasteiger partial charge in [0.1, 0.15) is 16.7 Å². The highest BCUT2D eigenvalue weighted by Crippen LogP contribution is 2.35. The zero-order valence-corrected chi connectivity index (χ0v) is 11.2. The van der Waals surface area contributed by atoms with Gasteiger partial charge in [0.05, 0.1) is 5.56 Å². The van der Waals surface area contributed by atoms with Crippen molar-refractivity contribution in [1.82, 2.24) is 4.98 Å². The van der Waals surface area contributed by atoms with Crippen molar-refractivity contribution in [3.05, 3.63) is 34.8 Å². The lowest BCUT2D eigenvalue weighted by Crippen LogP contribution is -2.01. The largest absolute Gasteiger partial charge is 0.478 e. The van der Waals surface area contributed by atoms with E-state index in [0.717, 1.165) is 4.88 Å². The lowest BCUT2D eigenvalue weighted by molar-refractivity contribution is 0.0694. The van der Waals surface area contributed by atoms with E-state index in [1.54, 1.807) is 25.3 Å². The molecule has 0 unspecified atom stereocenters. The Kier molecular flexibility index (Phi) is 3.83. The molecule has 1 heterocycles. The predicted molar refractivity (Wildman–Crippen MR) is 73.3 cm³/mol. The van der Waals surface area contributed by atoms with Gasteiger partial charge in [-0.3, -0.25) is 0 Å². The number of carbonyl (C=O) groups is 1. The van der Waals surface area contributed by atoms with E-state index in [4.69, 9.17) is 4.74 Å². The van der Waals surface area contributed by atoms with E-state index < -0.39 is 5.97 Å². The molecule has 1 aromatic heterocycles. The van der Waals surface area contributed by atoms with Gasteiger partial charge >= 0.3 is 5.97 Å². The molecule has 1 N–H and O–H groups in total. The van der Waals surface area contributed by atoms with Gasteiger partial charge < -0.3 is 9.84 Å². The summed E-state index contributed by atoms with van der Waals surface area (Å²) in [5.41, 5.74) is 0.717. The van der Waals surface area contributed by atoms with Gasteiger partial charge in [0.15, 0.2) is 5.75 Å². The third-order valence-electron chi connectivity index (χ3n) is 2.35. The molecule has 5 heteroatoms. The van der Waals surface area contributed by atoms with Crippen LogP contribution in [0.2, 0.25) is 0 Å². The van der Waals surface area contributed by atoms with E-state index in [1.165, 1.54) is 17.4 Å². The molecule has 0 aliphatic heterocycles. The number of benzene rings is 1. The Morgan fingerprint density at radius 2 is 2.26 bits per heavy atom. The average molecular weight is 273 g/mol. The van der Waals surface area contributed by atoms with E-state index in [0.29, 0.717) is 10.6 Å². The van der Waals surface area contributed by atoms with Crippen LogP contribution in [0.1, 0.15) is 22.2 Å². The number of hydrogen-bond acceptors (Lipinski definition) is 4. The van der Waals surface area contributed by atoms with Crippen LogP contribution in [0.25, 0.3) is 10.6 Å². The highest BCUT2D eigenvalue weighted by molar-refractivity contribution is 7.15. The Labute approximate surface area is 114 Å². The zero-order chi connectivity index (χ0) is 13.8. The fraction of sp³-hybridized carbons (Fsp3) is 0.143. The Balaban J connectivity index is 2.61. The second-order valence-corrected chi connectivity index (χ2v) is 4.95. The summed E-state index contributed by atoms with van der Waals surface area (Å²) in [7, 11) is 0. The number of carboxylic acids is 1. The third-order valence-corrected chi connectivity index (χ3v) is 3.30. The fourth-order valence-electron chi connectivity index (χ4n) is 1.57. The van der Waals surface area contributed by atoms with Gasteiger partial charge in [-0.05, 0) is 19.1 Å². The van der Waals surface area contributed by atoms with Crippen molar-refractivity contribution >= 4 is 17.3 Å². The smallest absolute Gasteiger partial charge is 0.339 e. The molecule has 0 bridgehead atoms. The summed E-state index contributed by atoms with van der Waals surface area (Å²) in [6.45, 7) is 3.56. The molecule has 0 atom stereocenters. The summed E-state index contributed by atoms with van der Waals surface area (Å²) in [6, 6.07) is 4.93. The number of aromatic nitrogens is 1. The maximum absolute atomic E-state index is 11.2. The minimum absolute atomic E-state index is 0.0769. The maximum Gasteiger partial charge on any atom is 0.339 e. The summed E-state index contributed by atoms with van der Waals surface area (Å²) in [6.07, 6.45) is 4.18. The van der Waals surface area contributed by atoms with Crippen LogP contribution in [-0.2, 0) is 0 Å². The van der Waals surface area contributed by atoms with Crippen LogP contribution in [0.15, 0.2) is 24.4 Å². The second kappa shape index (κ2) is 5.55. The first-order valence-corrected chi connectivity index (χ1v) is 6.33. The van der Waals surface area contributed by atoms with Crippen molar-refractivity contribution in [1.29, 1.82) is 0 Å². The summed E-state index contributed by atoms with van der Waals surface area (Å²) in [5, 5.41) is 9.91. The summed E-state index contributed by atoms with van der Waals surface area (Å²) in [5.74, 6) is 1.77. The van der Waals surface area contributed by atoms with Crippen molar-refractivity contribution in [2.75, 3.05) is 0 Å². The Bertz CT molecular complexity index is 679. The molecule has 0 amide bonds. The van der Waals surface area contributed by atoms with Gasteiger partial charge in [0, 0.05) is 18.0 Å². The molecule has 0 saturated carbocycles. The molecule has 1 aromatic carbocycles. The lowest BCUT2D eigenvalue weighted by atomic mass is 10.1. The highest BCUT2D eigenvalue weighted by atomic mass is 32.1. The molecule has 0 saturated heterocycles. The van der Waals surface area contributed by atoms with Gasteiger partial charge in [-0.2, -0.15) is 0 Å². The van der Waals surface area contributed by atoms with E-state index in [2.05, 4.69) is 17.0 Å². The van der Waals surface area contributed by atoms with Crippen LogP contribution >= 0.6 is 11.3 Å². The Hall–Kier alpha value is -2.32. The van der Waals surface area contributed by atoms with Crippen molar-refractivity contribution in [2.24, 2.45) is 0 Å².